The standard InChI is InChI=1S/C10H14BrNO2S/c1-12(2)8(10(13)14)5-3-7-4-6-9(11)15-7/h4,6,8H,3,5H2,1-2H3,(H,13,14). The predicted molar refractivity (Wildman–Crippen MR) is 65.5 cm³/mol. The summed E-state index contributed by atoms with van der Waals surface area (Å²) in [6.07, 6.45) is 1.46. The van der Waals surface area contributed by atoms with E-state index in [1.54, 1.807) is 30.3 Å². The van der Waals surface area contributed by atoms with E-state index in [9.17, 15) is 4.79 Å². The van der Waals surface area contributed by atoms with Gasteiger partial charge >= 0.3 is 5.97 Å². The topological polar surface area (TPSA) is 40.5 Å². The number of aliphatic carboxylic acids is 1. The molecule has 0 spiro atoms. The van der Waals surface area contributed by atoms with E-state index >= 15 is 0 Å². The van der Waals surface area contributed by atoms with Crippen molar-refractivity contribution in [2.75, 3.05) is 14.1 Å². The lowest BCUT2D eigenvalue weighted by molar-refractivity contribution is -0.142. The summed E-state index contributed by atoms with van der Waals surface area (Å²) in [6.45, 7) is 0. The van der Waals surface area contributed by atoms with E-state index in [1.165, 1.54) is 4.88 Å². The molecule has 1 heterocycles. The third kappa shape index (κ3) is 3.93. The van der Waals surface area contributed by atoms with Crippen LogP contribution in [-0.2, 0) is 11.2 Å². The van der Waals surface area contributed by atoms with Gasteiger partial charge in [-0.3, -0.25) is 9.69 Å². The Morgan fingerprint density at radius 2 is 2.27 bits per heavy atom. The highest BCUT2D eigenvalue weighted by Crippen LogP contribution is 2.23. The molecule has 0 amide bonds. The van der Waals surface area contributed by atoms with Gasteiger partial charge in [0.1, 0.15) is 6.04 Å². The van der Waals surface area contributed by atoms with E-state index in [0.29, 0.717) is 6.42 Å². The molecule has 0 aliphatic carbocycles. The van der Waals surface area contributed by atoms with Gasteiger partial charge in [0.05, 0.1) is 3.79 Å². The molecule has 1 N–H and O–H groups in total. The van der Waals surface area contributed by atoms with E-state index in [0.717, 1.165) is 10.2 Å². The molecule has 1 atom stereocenters. The molecule has 3 nitrogen and oxygen atoms in total. The second-order valence-corrected chi connectivity index (χ2v) is 6.11. The smallest absolute Gasteiger partial charge is 0.320 e. The Labute approximate surface area is 102 Å². The minimum Gasteiger partial charge on any atom is -0.480 e. The molecule has 0 fully saturated rings. The Morgan fingerprint density at radius 3 is 2.67 bits per heavy atom. The maximum absolute atomic E-state index is 10.9. The zero-order valence-corrected chi connectivity index (χ0v) is 11.1. The molecule has 15 heavy (non-hydrogen) atoms. The number of likely N-dealkylation sites (N-methyl/N-ethyl adjacent to an activating group) is 1. The molecule has 1 rings (SSSR count). The number of aryl methyl sites for hydroxylation is 1. The number of hydrogen-bond donors (Lipinski definition) is 1. The Morgan fingerprint density at radius 1 is 1.60 bits per heavy atom. The van der Waals surface area contributed by atoms with Crippen LogP contribution in [-0.4, -0.2) is 36.1 Å². The number of thiophene rings is 1. The monoisotopic (exact) mass is 291 g/mol. The third-order valence-electron chi connectivity index (χ3n) is 2.20. The van der Waals surface area contributed by atoms with Crippen LogP contribution in [0.2, 0.25) is 0 Å². The largest absolute Gasteiger partial charge is 0.480 e. The van der Waals surface area contributed by atoms with Gasteiger partial charge in [-0.2, -0.15) is 0 Å². The van der Waals surface area contributed by atoms with Gasteiger partial charge in [0, 0.05) is 4.88 Å². The lowest BCUT2D eigenvalue weighted by atomic mass is 10.1. The Balaban J connectivity index is 2.50. The van der Waals surface area contributed by atoms with Crippen molar-refractivity contribution in [2.24, 2.45) is 0 Å². The lowest BCUT2D eigenvalue weighted by Gasteiger charge is -2.19. The second-order valence-electron chi connectivity index (χ2n) is 3.56. The van der Waals surface area contributed by atoms with Crippen molar-refractivity contribution in [3.63, 3.8) is 0 Å². The summed E-state index contributed by atoms with van der Waals surface area (Å²) in [4.78, 5) is 13.9. The van der Waals surface area contributed by atoms with E-state index in [1.807, 2.05) is 12.1 Å². The van der Waals surface area contributed by atoms with Crippen LogP contribution in [0.3, 0.4) is 0 Å². The van der Waals surface area contributed by atoms with Crippen molar-refractivity contribution in [3.8, 4) is 0 Å². The molecule has 1 unspecified atom stereocenters. The molecule has 84 valence electrons. The fourth-order valence-electron chi connectivity index (χ4n) is 1.37. The van der Waals surface area contributed by atoms with Crippen LogP contribution < -0.4 is 0 Å². The van der Waals surface area contributed by atoms with Crippen molar-refractivity contribution < 1.29 is 9.90 Å². The molecule has 0 aliphatic rings. The van der Waals surface area contributed by atoms with Crippen molar-refractivity contribution in [1.82, 2.24) is 4.90 Å². The molecule has 5 heteroatoms. The molecular formula is C10H14BrNO2S. The molecule has 1 aromatic rings. The minimum absolute atomic E-state index is 0.397. The summed E-state index contributed by atoms with van der Waals surface area (Å²) < 4.78 is 1.09. The molecule has 1 aromatic heterocycles. The molecule has 0 aliphatic heterocycles. The fraction of sp³-hybridized carbons (Fsp3) is 0.500. The highest BCUT2D eigenvalue weighted by molar-refractivity contribution is 9.11. The lowest BCUT2D eigenvalue weighted by Crippen LogP contribution is -2.35. The summed E-state index contributed by atoms with van der Waals surface area (Å²) >= 11 is 5.05. The van der Waals surface area contributed by atoms with Gasteiger partial charge in [-0.15, -0.1) is 11.3 Å². The highest BCUT2D eigenvalue weighted by Gasteiger charge is 2.19. The number of carbonyl (C=O) groups is 1. The Hall–Kier alpha value is -0.390. The van der Waals surface area contributed by atoms with E-state index in [-0.39, 0.29) is 0 Å². The van der Waals surface area contributed by atoms with Crippen LogP contribution in [0.4, 0.5) is 0 Å². The summed E-state index contributed by atoms with van der Waals surface area (Å²) in [5, 5.41) is 8.98. The summed E-state index contributed by atoms with van der Waals surface area (Å²) in [5.74, 6) is -0.754. The van der Waals surface area contributed by atoms with Gasteiger partial charge < -0.3 is 5.11 Å². The first-order valence-corrected chi connectivity index (χ1v) is 6.25. The average molecular weight is 292 g/mol. The summed E-state index contributed by atoms with van der Waals surface area (Å²) in [6, 6.07) is 3.63. The fourth-order valence-corrected chi connectivity index (χ4v) is 2.87. The molecule has 0 bridgehead atoms. The van der Waals surface area contributed by atoms with E-state index in [2.05, 4.69) is 15.9 Å². The second kappa shape index (κ2) is 5.63. The maximum atomic E-state index is 10.9. The van der Waals surface area contributed by atoms with Crippen LogP contribution in [0, 0.1) is 0 Å². The van der Waals surface area contributed by atoms with Gasteiger partial charge in [0.15, 0.2) is 0 Å². The number of halogens is 1. The van der Waals surface area contributed by atoms with Crippen LogP contribution in [0.25, 0.3) is 0 Å². The van der Waals surface area contributed by atoms with Crippen LogP contribution in [0.15, 0.2) is 15.9 Å². The minimum atomic E-state index is -0.754. The van der Waals surface area contributed by atoms with E-state index < -0.39 is 12.0 Å². The quantitative estimate of drug-likeness (QED) is 0.906. The molecule has 0 aromatic carbocycles. The van der Waals surface area contributed by atoms with Gasteiger partial charge in [-0.1, -0.05) is 0 Å². The Kier molecular flexibility index (Phi) is 4.76. The number of carboxylic acid groups (broad SMARTS) is 1. The van der Waals surface area contributed by atoms with E-state index in [4.69, 9.17) is 5.11 Å². The first-order valence-electron chi connectivity index (χ1n) is 4.64. The first kappa shape index (κ1) is 12.7. The van der Waals surface area contributed by atoms with Gasteiger partial charge in [0.2, 0.25) is 0 Å². The number of hydrogen-bond acceptors (Lipinski definition) is 3. The van der Waals surface area contributed by atoms with Crippen LogP contribution in [0.1, 0.15) is 11.3 Å². The molecule has 0 saturated heterocycles. The molecule has 0 radical (unpaired) electrons. The zero-order chi connectivity index (χ0) is 11.4. The molecular weight excluding hydrogens is 278 g/mol. The van der Waals surface area contributed by atoms with Crippen molar-refractivity contribution in [3.05, 3.63) is 20.8 Å². The van der Waals surface area contributed by atoms with Crippen molar-refractivity contribution in [2.45, 2.75) is 18.9 Å². The summed E-state index contributed by atoms with van der Waals surface area (Å²) in [7, 11) is 3.59. The van der Waals surface area contributed by atoms with Gasteiger partial charge in [-0.25, -0.2) is 0 Å². The van der Waals surface area contributed by atoms with Gasteiger partial charge in [0.25, 0.3) is 0 Å². The number of rotatable bonds is 5. The SMILES string of the molecule is CN(C)C(CCc1ccc(Br)s1)C(=O)O. The number of nitrogens with zero attached hydrogens (tertiary/aromatic N) is 1. The Bertz CT molecular complexity index is 338. The molecule has 0 saturated carbocycles. The van der Waals surface area contributed by atoms with Crippen LogP contribution >= 0.6 is 27.3 Å². The van der Waals surface area contributed by atoms with Crippen LogP contribution in [0.5, 0.6) is 0 Å². The van der Waals surface area contributed by atoms with Gasteiger partial charge in [-0.05, 0) is 55.0 Å². The first-order chi connectivity index (χ1) is 7.00. The maximum Gasteiger partial charge on any atom is 0.320 e. The zero-order valence-electron chi connectivity index (χ0n) is 8.74. The van der Waals surface area contributed by atoms with Crippen molar-refractivity contribution in [1.29, 1.82) is 0 Å². The average Bonchev–Trinajstić information content (AvgIpc) is 2.50. The van der Waals surface area contributed by atoms with Crippen molar-refractivity contribution >= 4 is 33.2 Å². The number of carboxylic acids is 1. The normalized spacial score (nSPS) is 13.1. The predicted octanol–water partition coefficient (Wildman–Crippen LogP) is 2.46. The third-order valence-corrected chi connectivity index (χ3v) is 3.88. The summed E-state index contributed by atoms with van der Waals surface area (Å²) in [5.41, 5.74) is 0. The highest BCUT2D eigenvalue weighted by atomic mass is 79.9.